The van der Waals surface area contributed by atoms with Crippen LogP contribution in [0.25, 0.3) is 0 Å². The molecule has 2 N–H and O–H groups in total. The Morgan fingerprint density at radius 1 is 1.58 bits per heavy atom. The lowest BCUT2D eigenvalue weighted by atomic mass is 10.1. The maximum absolute atomic E-state index is 11.1. The summed E-state index contributed by atoms with van der Waals surface area (Å²) in [6, 6.07) is -0.856. The monoisotopic (exact) mass is 270 g/mol. The molecule has 1 rings (SSSR count). The Morgan fingerprint density at radius 2 is 2.21 bits per heavy atom. The van der Waals surface area contributed by atoms with Gasteiger partial charge < -0.3 is 10.4 Å². The van der Waals surface area contributed by atoms with E-state index in [4.69, 9.17) is 5.11 Å². The molecule has 0 saturated carbocycles. The van der Waals surface area contributed by atoms with Gasteiger partial charge in [-0.3, -0.25) is 10.1 Å². The fraction of sp³-hybridized carbons (Fsp3) is 0.636. The van der Waals surface area contributed by atoms with Crippen molar-refractivity contribution < 1.29 is 14.8 Å². The Bertz CT molecular complexity index is 483. The van der Waals surface area contributed by atoms with Crippen molar-refractivity contribution in [2.75, 3.05) is 5.32 Å². The minimum atomic E-state index is -1.03. The van der Waals surface area contributed by atoms with E-state index in [2.05, 4.69) is 10.4 Å². The summed E-state index contributed by atoms with van der Waals surface area (Å²) in [5.74, 6) is -0.872. The SMILES string of the molecule is CCCC(Nc1c([N+](=O)[O-])c(C)nn1CC)C(=O)O. The lowest BCUT2D eigenvalue weighted by molar-refractivity contribution is -0.384. The van der Waals surface area contributed by atoms with Crippen molar-refractivity contribution >= 4 is 17.5 Å². The zero-order chi connectivity index (χ0) is 14.6. The number of carboxylic acid groups (broad SMARTS) is 1. The highest BCUT2D eigenvalue weighted by atomic mass is 16.6. The molecule has 0 fully saturated rings. The van der Waals surface area contributed by atoms with E-state index < -0.39 is 16.9 Å². The molecule has 19 heavy (non-hydrogen) atoms. The van der Waals surface area contributed by atoms with Gasteiger partial charge in [-0.1, -0.05) is 13.3 Å². The predicted molar refractivity (Wildman–Crippen MR) is 69.2 cm³/mol. The van der Waals surface area contributed by atoms with E-state index in [1.54, 1.807) is 6.92 Å². The van der Waals surface area contributed by atoms with E-state index in [0.717, 1.165) is 0 Å². The van der Waals surface area contributed by atoms with Crippen LogP contribution < -0.4 is 5.32 Å². The normalized spacial score (nSPS) is 12.2. The van der Waals surface area contributed by atoms with Crippen molar-refractivity contribution in [3.05, 3.63) is 15.8 Å². The predicted octanol–water partition coefficient (Wildman–Crippen LogP) is 1.78. The lowest BCUT2D eigenvalue weighted by Crippen LogP contribution is -2.30. The average molecular weight is 270 g/mol. The zero-order valence-corrected chi connectivity index (χ0v) is 11.2. The van der Waals surface area contributed by atoms with Crippen LogP contribution in [0.1, 0.15) is 32.4 Å². The first-order chi connectivity index (χ1) is 8.92. The molecule has 0 aliphatic rings. The quantitative estimate of drug-likeness (QED) is 0.577. The minimum Gasteiger partial charge on any atom is -0.480 e. The second-order valence-electron chi connectivity index (χ2n) is 4.18. The summed E-state index contributed by atoms with van der Waals surface area (Å²) >= 11 is 0. The number of nitrogens with one attached hydrogen (secondary N) is 1. The fourth-order valence-electron chi connectivity index (χ4n) is 1.87. The molecule has 8 nitrogen and oxygen atoms in total. The van der Waals surface area contributed by atoms with Crippen molar-refractivity contribution in [3.8, 4) is 0 Å². The number of carboxylic acids is 1. The molecule has 1 aromatic heterocycles. The van der Waals surface area contributed by atoms with Gasteiger partial charge >= 0.3 is 11.7 Å². The summed E-state index contributed by atoms with van der Waals surface area (Å²) in [7, 11) is 0. The van der Waals surface area contributed by atoms with Gasteiger partial charge in [-0.2, -0.15) is 5.10 Å². The molecular formula is C11H18N4O4. The molecule has 0 radical (unpaired) electrons. The average Bonchev–Trinajstić information content (AvgIpc) is 2.64. The van der Waals surface area contributed by atoms with Crippen LogP contribution in [-0.2, 0) is 11.3 Å². The number of hydrogen-bond acceptors (Lipinski definition) is 5. The van der Waals surface area contributed by atoms with Crippen LogP contribution >= 0.6 is 0 Å². The van der Waals surface area contributed by atoms with Gasteiger partial charge in [0.25, 0.3) is 0 Å². The van der Waals surface area contributed by atoms with Gasteiger partial charge in [0.1, 0.15) is 11.7 Å². The Balaban J connectivity index is 3.16. The standard InChI is InChI=1S/C11H18N4O4/c1-4-6-8(11(16)17)12-10-9(15(18)19)7(3)13-14(10)5-2/h8,12H,4-6H2,1-3H3,(H,16,17). The van der Waals surface area contributed by atoms with Crippen LogP contribution in [0.2, 0.25) is 0 Å². The topological polar surface area (TPSA) is 110 Å². The second-order valence-corrected chi connectivity index (χ2v) is 4.18. The third-order valence-electron chi connectivity index (χ3n) is 2.76. The molecule has 0 saturated heterocycles. The van der Waals surface area contributed by atoms with Crippen LogP contribution in [0.15, 0.2) is 0 Å². The molecule has 106 valence electrons. The van der Waals surface area contributed by atoms with Crippen LogP contribution in [-0.4, -0.2) is 31.8 Å². The Morgan fingerprint density at radius 3 is 2.63 bits per heavy atom. The van der Waals surface area contributed by atoms with Crippen LogP contribution in [0.5, 0.6) is 0 Å². The van der Waals surface area contributed by atoms with E-state index in [9.17, 15) is 14.9 Å². The number of hydrogen-bond donors (Lipinski definition) is 2. The molecule has 0 bridgehead atoms. The minimum absolute atomic E-state index is 0.158. The summed E-state index contributed by atoms with van der Waals surface area (Å²) in [5.41, 5.74) is 0.110. The van der Waals surface area contributed by atoms with Crippen molar-refractivity contribution in [2.24, 2.45) is 0 Å². The highest BCUT2D eigenvalue weighted by molar-refractivity contribution is 5.78. The van der Waals surface area contributed by atoms with Crippen molar-refractivity contribution in [2.45, 2.75) is 46.2 Å². The number of aliphatic carboxylic acids is 1. The van der Waals surface area contributed by atoms with Gasteiger partial charge in [-0.05, 0) is 20.3 Å². The first-order valence-corrected chi connectivity index (χ1v) is 6.13. The number of nitro groups is 1. The van der Waals surface area contributed by atoms with E-state index in [-0.39, 0.29) is 17.2 Å². The number of anilines is 1. The van der Waals surface area contributed by atoms with Crippen LogP contribution in [0.3, 0.4) is 0 Å². The highest BCUT2D eigenvalue weighted by Crippen LogP contribution is 2.29. The molecular weight excluding hydrogens is 252 g/mol. The molecule has 8 heteroatoms. The van der Waals surface area contributed by atoms with E-state index in [1.165, 1.54) is 11.6 Å². The highest BCUT2D eigenvalue weighted by Gasteiger charge is 2.28. The molecule has 0 aromatic carbocycles. The third kappa shape index (κ3) is 3.21. The fourth-order valence-corrected chi connectivity index (χ4v) is 1.87. The van der Waals surface area contributed by atoms with E-state index in [1.807, 2.05) is 6.92 Å². The number of aryl methyl sites for hydroxylation is 2. The first kappa shape index (κ1) is 14.9. The van der Waals surface area contributed by atoms with Crippen molar-refractivity contribution in [1.82, 2.24) is 9.78 Å². The second kappa shape index (κ2) is 6.17. The Labute approximate surface area is 110 Å². The molecule has 0 amide bonds. The first-order valence-electron chi connectivity index (χ1n) is 6.13. The zero-order valence-electron chi connectivity index (χ0n) is 11.2. The Hall–Kier alpha value is -2.12. The van der Waals surface area contributed by atoms with Crippen molar-refractivity contribution in [3.63, 3.8) is 0 Å². The lowest BCUT2D eigenvalue weighted by Gasteiger charge is -2.14. The number of aromatic nitrogens is 2. The summed E-state index contributed by atoms with van der Waals surface area (Å²) < 4.78 is 1.42. The maximum atomic E-state index is 11.1. The van der Waals surface area contributed by atoms with Gasteiger partial charge in [0.15, 0.2) is 0 Å². The van der Waals surface area contributed by atoms with Gasteiger partial charge in [-0.25, -0.2) is 9.48 Å². The maximum Gasteiger partial charge on any atom is 0.333 e. The van der Waals surface area contributed by atoms with E-state index >= 15 is 0 Å². The number of carbonyl (C=O) groups is 1. The molecule has 0 aliphatic carbocycles. The molecule has 0 aliphatic heterocycles. The molecule has 1 heterocycles. The molecule has 1 aromatic rings. The number of nitrogens with zero attached hydrogens (tertiary/aromatic N) is 3. The van der Waals surface area contributed by atoms with Crippen LogP contribution in [0, 0.1) is 17.0 Å². The smallest absolute Gasteiger partial charge is 0.333 e. The molecule has 1 atom stereocenters. The summed E-state index contributed by atoms with van der Waals surface area (Å²) in [6.45, 7) is 5.60. The largest absolute Gasteiger partial charge is 0.480 e. The van der Waals surface area contributed by atoms with Gasteiger partial charge in [0.05, 0.1) is 4.92 Å². The summed E-state index contributed by atoms with van der Waals surface area (Å²) in [5, 5.41) is 26.9. The third-order valence-corrected chi connectivity index (χ3v) is 2.76. The molecule has 1 unspecified atom stereocenters. The van der Waals surface area contributed by atoms with Gasteiger partial charge in [0.2, 0.25) is 5.82 Å². The van der Waals surface area contributed by atoms with E-state index in [0.29, 0.717) is 19.4 Å². The number of rotatable bonds is 7. The summed E-state index contributed by atoms with van der Waals surface area (Å²) in [4.78, 5) is 21.6. The Kier molecular flexibility index (Phi) is 4.85. The van der Waals surface area contributed by atoms with Gasteiger partial charge in [0, 0.05) is 6.54 Å². The molecule has 0 spiro atoms. The van der Waals surface area contributed by atoms with Gasteiger partial charge in [-0.15, -0.1) is 0 Å². The van der Waals surface area contributed by atoms with Crippen molar-refractivity contribution in [1.29, 1.82) is 0 Å². The summed E-state index contributed by atoms with van der Waals surface area (Å²) in [6.07, 6.45) is 1.05. The van der Waals surface area contributed by atoms with Crippen LogP contribution in [0.4, 0.5) is 11.5 Å².